The second-order valence-electron chi connectivity index (χ2n) is 5.62. The average molecular weight is 240 g/mol. The molecule has 2 N–H and O–H groups in total. The van der Waals surface area contributed by atoms with Gasteiger partial charge >= 0.3 is 0 Å². The summed E-state index contributed by atoms with van der Waals surface area (Å²) in [5.74, 6) is 0.164. The first-order valence-electron chi connectivity index (χ1n) is 6.80. The lowest BCUT2D eigenvalue weighted by Crippen LogP contribution is -2.52. The lowest BCUT2D eigenvalue weighted by molar-refractivity contribution is -0.125. The molecule has 0 saturated carbocycles. The van der Waals surface area contributed by atoms with Gasteiger partial charge in [0.15, 0.2) is 0 Å². The number of carbonyl (C=O) groups excluding carboxylic acids is 1. The van der Waals surface area contributed by atoms with Crippen LogP contribution in [0, 0.1) is 0 Å². The smallest absolute Gasteiger partial charge is 0.222 e. The van der Waals surface area contributed by atoms with Gasteiger partial charge in [-0.05, 0) is 39.2 Å². The van der Waals surface area contributed by atoms with Crippen molar-refractivity contribution in [2.45, 2.75) is 57.0 Å². The van der Waals surface area contributed by atoms with Gasteiger partial charge in [0.25, 0.3) is 0 Å². The maximum Gasteiger partial charge on any atom is 0.222 e. The van der Waals surface area contributed by atoms with Crippen LogP contribution in [0.25, 0.3) is 0 Å². The zero-order chi connectivity index (χ0) is 12.1. The molecule has 2 aliphatic rings. The molecule has 2 unspecified atom stereocenters. The van der Waals surface area contributed by atoms with Gasteiger partial charge in [-0.2, -0.15) is 0 Å². The summed E-state index contributed by atoms with van der Waals surface area (Å²) >= 11 is 0. The molecule has 1 amide bonds. The predicted molar refractivity (Wildman–Crippen MR) is 66.9 cm³/mol. The zero-order valence-electron chi connectivity index (χ0n) is 10.8. The van der Waals surface area contributed by atoms with E-state index in [0.717, 1.165) is 32.4 Å². The largest absolute Gasteiger partial charge is 0.379 e. The Kier molecular flexibility index (Phi) is 4.40. The Balaban J connectivity index is 1.75. The van der Waals surface area contributed by atoms with Crippen LogP contribution < -0.4 is 10.6 Å². The Morgan fingerprint density at radius 3 is 3.00 bits per heavy atom. The first-order valence-corrected chi connectivity index (χ1v) is 6.80. The number of amides is 1. The molecule has 2 rings (SSSR count). The SMILES string of the molecule is CC1(NC(=O)CC2CCCCN2)CCCOC1. The third kappa shape index (κ3) is 3.96. The Hall–Kier alpha value is -0.610. The molecule has 0 aromatic rings. The maximum atomic E-state index is 12.0. The summed E-state index contributed by atoms with van der Waals surface area (Å²) in [5.41, 5.74) is -0.149. The first-order chi connectivity index (χ1) is 8.18. The summed E-state index contributed by atoms with van der Waals surface area (Å²) in [7, 11) is 0. The molecule has 0 radical (unpaired) electrons. The van der Waals surface area contributed by atoms with Crippen molar-refractivity contribution < 1.29 is 9.53 Å². The molecule has 2 aliphatic heterocycles. The summed E-state index contributed by atoms with van der Waals surface area (Å²) in [6.45, 7) is 4.61. The highest BCUT2D eigenvalue weighted by molar-refractivity contribution is 5.77. The molecule has 2 fully saturated rings. The molecular weight excluding hydrogens is 216 g/mol. The number of nitrogens with one attached hydrogen (secondary N) is 2. The van der Waals surface area contributed by atoms with Gasteiger partial charge in [-0.3, -0.25) is 4.79 Å². The number of piperidine rings is 1. The summed E-state index contributed by atoms with van der Waals surface area (Å²) in [5, 5.41) is 6.55. The van der Waals surface area contributed by atoms with E-state index in [1.807, 2.05) is 0 Å². The van der Waals surface area contributed by atoms with Gasteiger partial charge in [-0.15, -0.1) is 0 Å². The predicted octanol–water partition coefficient (Wildman–Crippen LogP) is 1.20. The first kappa shape index (κ1) is 12.8. The third-order valence-corrected chi connectivity index (χ3v) is 3.72. The van der Waals surface area contributed by atoms with Crippen molar-refractivity contribution in [3.63, 3.8) is 0 Å². The molecule has 4 heteroatoms. The quantitative estimate of drug-likeness (QED) is 0.779. The van der Waals surface area contributed by atoms with Crippen LogP contribution in [0.5, 0.6) is 0 Å². The van der Waals surface area contributed by atoms with E-state index >= 15 is 0 Å². The van der Waals surface area contributed by atoms with Gasteiger partial charge in [-0.1, -0.05) is 6.42 Å². The molecule has 0 aromatic carbocycles. The molecule has 2 atom stereocenters. The molecule has 0 aliphatic carbocycles. The van der Waals surface area contributed by atoms with E-state index in [1.165, 1.54) is 12.8 Å². The van der Waals surface area contributed by atoms with Crippen LogP contribution in [0.2, 0.25) is 0 Å². The van der Waals surface area contributed by atoms with Crippen molar-refractivity contribution in [2.24, 2.45) is 0 Å². The minimum atomic E-state index is -0.149. The minimum Gasteiger partial charge on any atom is -0.379 e. The molecule has 0 aromatic heterocycles. The summed E-state index contributed by atoms with van der Waals surface area (Å²) in [6.07, 6.45) is 6.28. The number of ether oxygens (including phenoxy) is 1. The lowest BCUT2D eigenvalue weighted by atomic mass is 9.94. The molecule has 4 nitrogen and oxygen atoms in total. The Bertz CT molecular complexity index is 256. The summed E-state index contributed by atoms with van der Waals surface area (Å²) in [6, 6.07) is 0.372. The normalized spacial score (nSPS) is 34.3. The molecule has 2 heterocycles. The second-order valence-corrected chi connectivity index (χ2v) is 5.62. The fourth-order valence-electron chi connectivity index (χ4n) is 2.74. The van der Waals surface area contributed by atoms with E-state index in [9.17, 15) is 4.79 Å². The van der Waals surface area contributed by atoms with Crippen LogP contribution >= 0.6 is 0 Å². The molecule has 17 heavy (non-hydrogen) atoms. The number of hydrogen-bond donors (Lipinski definition) is 2. The summed E-state index contributed by atoms with van der Waals surface area (Å²) < 4.78 is 5.45. The van der Waals surface area contributed by atoms with Gasteiger partial charge in [-0.25, -0.2) is 0 Å². The minimum absolute atomic E-state index is 0.149. The van der Waals surface area contributed by atoms with Crippen LogP contribution in [0.15, 0.2) is 0 Å². The Morgan fingerprint density at radius 2 is 2.35 bits per heavy atom. The molecular formula is C13H24N2O2. The van der Waals surface area contributed by atoms with E-state index in [-0.39, 0.29) is 11.4 Å². The summed E-state index contributed by atoms with van der Waals surface area (Å²) in [4.78, 5) is 12.0. The second kappa shape index (κ2) is 5.83. The van der Waals surface area contributed by atoms with Gasteiger partial charge in [0.2, 0.25) is 5.91 Å². The molecule has 98 valence electrons. The topological polar surface area (TPSA) is 50.4 Å². The van der Waals surface area contributed by atoms with Crippen molar-refractivity contribution in [1.82, 2.24) is 10.6 Å². The fourth-order valence-corrected chi connectivity index (χ4v) is 2.74. The van der Waals surface area contributed by atoms with E-state index in [4.69, 9.17) is 4.74 Å². The maximum absolute atomic E-state index is 12.0. The van der Waals surface area contributed by atoms with E-state index in [2.05, 4.69) is 17.6 Å². The van der Waals surface area contributed by atoms with Gasteiger partial charge in [0.1, 0.15) is 0 Å². The standard InChI is InChI=1S/C13H24N2O2/c1-13(6-4-8-17-10-13)15-12(16)9-11-5-2-3-7-14-11/h11,14H,2-10H2,1H3,(H,15,16). The van der Waals surface area contributed by atoms with Crippen molar-refractivity contribution in [2.75, 3.05) is 19.8 Å². The van der Waals surface area contributed by atoms with Crippen LogP contribution in [-0.2, 0) is 9.53 Å². The van der Waals surface area contributed by atoms with Gasteiger partial charge < -0.3 is 15.4 Å². The Morgan fingerprint density at radius 1 is 1.47 bits per heavy atom. The van der Waals surface area contributed by atoms with Crippen LogP contribution in [0.3, 0.4) is 0 Å². The van der Waals surface area contributed by atoms with Crippen LogP contribution in [-0.4, -0.2) is 37.2 Å². The average Bonchev–Trinajstić information content (AvgIpc) is 2.30. The number of rotatable bonds is 3. The number of hydrogen-bond acceptors (Lipinski definition) is 3. The van der Waals surface area contributed by atoms with E-state index < -0.39 is 0 Å². The van der Waals surface area contributed by atoms with Crippen molar-refractivity contribution >= 4 is 5.91 Å². The van der Waals surface area contributed by atoms with Crippen molar-refractivity contribution in [3.05, 3.63) is 0 Å². The highest BCUT2D eigenvalue weighted by Crippen LogP contribution is 2.19. The Labute approximate surface area is 103 Å². The third-order valence-electron chi connectivity index (χ3n) is 3.72. The molecule has 0 spiro atoms. The van der Waals surface area contributed by atoms with Crippen molar-refractivity contribution in [3.8, 4) is 0 Å². The highest BCUT2D eigenvalue weighted by Gasteiger charge is 2.30. The van der Waals surface area contributed by atoms with E-state index in [1.54, 1.807) is 0 Å². The van der Waals surface area contributed by atoms with Gasteiger partial charge in [0.05, 0.1) is 12.1 Å². The van der Waals surface area contributed by atoms with Gasteiger partial charge in [0, 0.05) is 19.1 Å². The highest BCUT2D eigenvalue weighted by atomic mass is 16.5. The molecule has 0 bridgehead atoms. The lowest BCUT2D eigenvalue weighted by Gasteiger charge is -2.35. The van der Waals surface area contributed by atoms with Crippen LogP contribution in [0.1, 0.15) is 45.4 Å². The fraction of sp³-hybridized carbons (Fsp3) is 0.923. The van der Waals surface area contributed by atoms with Crippen LogP contribution in [0.4, 0.5) is 0 Å². The zero-order valence-corrected chi connectivity index (χ0v) is 10.8. The van der Waals surface area contributed by atoms with E-state index in [0.29, 0.717) is 19.1 Å². The monoisotopic (exact) mass is 240 g/mol. The number of carbonyl (C=O) groups is 1. The van der Waals surface area contributed by atoms with Crippen molar-refractivity contribution in [1.29, 1.82) is 0 Å². The molecule has 2 saturated heterocycles.